The Labute approximate surface area is 159 Å². The van der Waals surface area contributed by atoms with Crippen LogP contribution in [0.1, 0.15) is 45.4 Å². The van der Waals surface area contributed by atoms with Gasteiger partial charge in [0.25, 0.3) is 0 Å². The number of hydrogen-bond acceptors (Lipinski definition) is 3. The molecule has 0 aliphatic carbocycles. The Balaban J connectivity index is 2.02. The van der Waals surface area contributed by atoms with Crippen molar-refractivity contribution in [3.63, 3.8) is 0 Å². The third kappa shape index (κ3) is 6.10. The summed E-state index contributed by atoms with van der Waals surface area (Å²) in [5.41, 5.74) is 0. The minimum Gasteiger partial charge on any atom is -0.494 e. The highest BCUT2D eigenvalue weighted by molar-refractivity contribution is 9.09. The molecule has 138 valence electrons. The van der Waals surface area contributed by atoms with Crippen molar-refractivity contribution < 1.29 is 14.2 Å². The maximum Gasteiger partial charge on any atom is 0.168 e. The molecular weight excluding hydrogens is 380 g/mol. The molecule has 25 heavy (non-hydrogen) atoms. The van der Waals surface area contributed by atoms with Crippen molar-refractivity contribution in [2.24, 2.45) is 0 Å². The molecule has 0 fully saturated rings. The fourth-order valence-corrected chi connectivity index (χ4v) is 3.14. The van der Waals surface area contributed by atoms with Gasteiger partial charge in [0.05, 0.1) is 20.3 Å². The Morgan fingerprint density at radius 3 is 2.44 bits per heavy atom. The van der Waals surface area contributed by atoms with Crippen LogP contribution in [0.4, 0.5) is 0 Å². The van der Waals surface area contributed by atoms with Crippen molar-refractivity contribution in [1.82, 2.24) is 0 Å². The molecule has 0 aliphatic heterocycles. The molecule has 2 rings (SSSR count). The second-order valence-electron chi connectivity index (χ2n) is 6.13. The van der Waals surface area contributed by atoms with E-state index in [1.54, 1.807) is 7.11 Å². The topological polar surface area (TPSA) is 27.7 Å². The number of ether oxygens (including phenoxy) is 3. The van der Waals surface area contributed by atoms with Gasteiger partial charge in [0, 0.05) is 10.7 Å². The van der Waals surface area contributed by atoms with Gasteiger partial charge in [-0.25, -0.2) is 0 Å². The Morgan fingerprint density at radius 2 is 1.68 bits per heavy atom. The fourth-order valence-electron chi connectivity index (χ4n) is 2.74. The zero-order valence-corrected chi connectivity index (χ0v) is 16.9. The molecule has 3 nitrogen and oxygen atoms in total. The van der Waals surface area contributed by atoms with Crippen LogP contribution in [-0.4, -0.2) is 25.7 Å². The molecule has 0 aliphatic rings. The lowest BCUT2D eigenvalue weighted by molar-refractivity contribution is 0.286. The maximum atomic E-state index is 5.96. The number of benzene rings is 2. The van der Waals surface area contributed by atoms with E-state index in [4.69, 9.17) is 14.2 Å². The van der Waals surface area contributed by atoms with Crippen molar-refractivity contribution in [2.75, 3.05) is 25.7 Å². The van der Waals surface area contributed by atoms with Crippen molar-refractivity contribution >= 4 is 26.7 Å². The number of methoxy groups -OCH3 is 1. The van der Waals surface area contributed by atoms with E-state index >= 15 is 0 Å². The third-order valence-corrected chi connectivity index (χ3v) is 4.72. The number of hydrogen-bond donors (Lipinski definition) is 0. The van der Waals surface area contributed by atoms with E-state index in [-0.39, 0.29) is 0 Å². The lowest BCUT2D eigenvalue weighted by Gasteiger charge is -2.14. The van der Waals surface area contributed by atoms with E-state index in [9.17, 15) is 0 Å². The highest BCUT2D eigenvalue weighted by Gasteiger charge is 2.10. The first-order valence-electron chi connectivity index (χ1n) is 9.22. The van der Waals surface area contributed by atoms with Crippen molar-refractivity contribution in [2.45, 2.75) is 45.4 Å². The van der Waals surface area contributed by atoms with Gasteiger partial charge in [0.2, 0.25) is 0 Å². The average Bonchev–Trinajstić information content (AvgIpc) is 2.64. The second kappa shape index (κ2) is 11.2. The zero-order chi connectivity index (χ0) is 17.9. The van der Waals surface area contributed by atoms with Gasteiger partial charge in [-0.1, -0.05) is 48.2 Å². The number of fused-ring (bicyclic) bond motifs is 1. The van der Waals surface area contributed by atoms with Gasteiger partial charge in [-0.2, -0.15) is 0 Å². The molecular formula is C21H29BrO3. The predicted molar refractivity (Wildman–Crippen MR) is 109 cm³/mol. The molecule has 0 spiro atoms. The summed E-state index contributed by atoms with van der Waals surface area (Å²) in [6.07, 6.45) is 6.94. The van der Waals surface area contributed by atoms with E-state index in [2.05, 4.69) is 41.1 Å². The Hall–Kier alpha value is -1.42. The largest absolute Gasteiger partial charge is 0.494 e. The van der Waals surface area contributed by atoms with Crippen molar-refractivity contribution in [3.05, 3.63) is 30.3 Å². The zero-order valence-electron chi connectivity index (χ0n) is 15.4. The molecule has 0 aromatic heterocycles. The molecule has 0 atom stereocenters. The van der Waals surface area contributed by atoms with Gasteiger partial charge >= 0.3 is 0 Å². The molecule has 0 N–H and O–H groups in total. The van der Waals surface area contributed by atoms with Gasteiger partial charge in [0.1, 0.15) is 5.75 Å². The van der Waals surface area contributed by atoms with Crippen LogP contribution in [0.5, 0.6) is 17.2 Å². The summed E-state index contributed by atoms with van der Waals surface area (Å²) < 4.78 is 17.4. The van der Waals surface area contributed by atoms with Gasteiger partial charge in [-0.15, -0.1) is 0 Å². The minimum atomic E-state index is 0.725. The van der Waals surface area contributed by atoms with Crippen LogP contribution in [0, 0.1) is 0 Å². The van der Waals surface area contributed by atoms with Crippen LogP contribution in [0.3, 0.4) is 0 Å². The van der Waals surface area contributed by atoms with Crippen molar-refractivity contribution in [1.29, 1.82) is 0 Å². The van der Waals surface area contributed by atoms with Crippen LogP contribution in [0.2, 0.25) is 0 Å². The van der Waals surface area contributed by atoms with Gasteiger partial charge in [-0.3, -0.25) is 0 Å². The standard InChI is InChI=1S/C21H29BrO3/c1-3-4-14-24-18-10-11-19-17(16-18)9-12-20(21(19)23-2)25-15-8-6-5-7-13-22/h9-12,16H,3-8,13-15H2,1-2H3. The summed E-state index contributed by atoms with van der Waals surface area (Å²) >= 11 is 3.46. The SMILES string of the molecule is CCCCOc1ccc2c(OC)c(OCCCCCCBr)ccc2c1. The maximum absolute atomic E-state index is 5.96. The summed E-state index contributed by atoms with van der Waals surface area (Å²) in [5, 5.41) is 3.24. The van der Waals surface area contributed by atoms with Crippen molar-refractivity contribution in [3.8, 4) is 17.2 Å². The molecule has 0 amide bonds. The lowest BCUT2D eigenvalue weighted by Crippen LogP contribution is -2.00. The Bertz CT molecular complexity index is 642. The van der Waals surface area contributed by atoms with Crippen LogP contribution in [-0.2, 0) is 0 Å². The second-order valence-corrected chi connectivity index (χ2v) is 6.93. The first-order valence-corrected chi connectivity index (χ1v) is 10.3. The summed E-state index contributed by atoms with van der Waals surface area (Å²) in [6.45, 7) is 3.65. The third-order valence-electron chi connectivity index (χ3n) is 4.16. The van der Waals surface area contributed by atoms with Gasteiger partial charge in [-0.05, 0) is 48.9 Å². The molecule has 2 aromatic carbocycles. The van der Waals surface area contributed by atoms with Gasteiger partial charge in [0.15, 0.2) is 11.5 Å². The number of unbranched alkanes of at least 4 members (excludes halogenated alkanes) is 4. The molecule has 0 bridgehead atoms. The quantitative estimate of drug-likeness (QED) is 0.302. The molecule has 0 saturated heterocycles. The molecule has 0 saturated carbocycles. The highest BCUT2D eigenvalue weighted by atomic mass is 79.9. The lowest BCUT2D eigenvalue weighted by atomic mass is 10.1. The van der Waals surface area contributed by atoms with Crippen LogP contribution >= 0.6 is 15.9 Å². The first kappa shape index (κ1) is 19.9. The summed E-state index contributed by atoms with van der Waals surface area (Å²) in [6, 6.07) is 10.2. The highest BCUT2D eigenvalue weighted by Crippen LogP contribution is 2.37. The summed E-state index contributed by atoms with van der Waals surface area (Å²) in [5.74, 6) is 2.52. The predicted octanol–water partition coefficient (Wildman–Crippen LogP) is 6.36. The number of rotatable bonds is 12. The Kier molecular flexibility index (Phi) is 8.95. The molecule has 0 radical (unpaired) electrons. The summed E-state index contributed by atoms with van der Waals surface area (Å²) in [7, 11) is 1.70. The van der Waals surface area contributed by atoms with Gasteiger partial charge < -0.3 is 14.2 Å². The molecule has 0 unspecified atom stereocenters. The normalized spacial score (nSPS) is 10.8. The van der Waals surface area contributed by atoms with E-state index in [0.717, 1.165) is 65.8 Å². The number of halogens is 1. The first-order chi connectivity index (χ1) is 12.3. The smallest absolute Gasteiger partial charge is 0.168 e. The molecule has 0 heterocycles. The minimum absolute atomic E-state index is 0.725. The summed E-state index contributed by atoms with van der Waals surface area (Å²) in [4.78, 5) is 0. The van der Waals surface area contributed by atoms with E-state index in [1.807, 2.05) is 12.1 Å². The molecule has 4 heteroatoms. The van der Waals surface area contributed by atoms with E-state index in [0.29, 0.717) is 0 Å². The monoisotopic (exact) mass is 408 g/mol. The van der Waals surface area contributed by atoms with Crippen LogP contribution in [0.15, 0.2) is 30.3 Å². The number of alkyl halides is 1. The molecule has 2 aromatic rings. The van der Waals surface area contributed by atoms with Crippen LogP contribution < -0.4 is 14.2 Å². The Morgan fingerprint density at radius 1 is 0.880 bits per heavy atom. The fraction of sp³-hybridized carbons (Fsp3) is 0.524. The van der Waals surface area contributed by atoms with Crippen LogP contribution in [0.25, 0.3) is 10.8 Å². The average molecular weight is 409 g/mol. The van der Waals surface area contributed by atoms with E-state index < -0.39 is 0 Å². The van der Waals surface area contributed by atoms with E-state index in [1.165, 1.54) is 19.3 Å².